The zero-order valence-electron chi connectivity index (χ0n) is 24.8. The van der Waals surface area contributed by atoms with Crippen molar-refractivity contribution in [2.75, 3.05) is 14.2 Å². The van der Waals surface area contributed by atoms with Crippen molar-refractivity contribution >= 4 is 21.5 Å². The Morgan fingerprint density at radius 1 is 0.738 bits per heavy atom. The number of ether oxygens (including phenoxy) is 2. The summed E-state index contributed by atoms with van der Waals surface area (Å²) in [5.41, 5.74) is 5.18. The van der Waals surface area contributed by atoms with Gasteiger partial charge in [0.05, 0.1) is 14.2 Å². The second-order valence-corrected chi connectivity index (χ2v) is 15.2. The highest BCUT2D eigenvalue weighted by atomic mass is 16.5. The molecule has 6 fully saturated rings. The lowest BCUT2D eigenvalue weighted by atomic mass is 9.30. The van der Waals surface area contributed by atoms with Crippen molar-refractivity contribution in [1.82, 2.24) is 0 Å². The van der Waals surface area contributed by atoms with Gasteiger partial charge in [0, 0.05) is 21.9 Å². The summed E-state index contributed by atoms with van der Waals surface area (Å²) in [5.74, 6) is 8.16. The molecule has 7 aliphatic rings. The molecule has 0 aliphatic heterocycles. The summed E-state index contributed by atoms with van der Waals surface area (Å²) < 4.78 is 12.7. The Morgan fingerprint density at radius 2 is 1.21 bits per heavy atom. The molecule has 6 saturated carbocycles. The molecule has 0 spiro atoms. The van der Waals surface area contributed by atoms with Gasteiger partial charge in [-0.2, -0.15) is 10.5 Å². The van der Waals surface area contributed by atoms with Crippen LogP contribution in [-0.4, -0.2) is 14.2 Å². The third kappa shape index (κ3) is 2.17. The number of benzene rings is 3. The van der Waals surface area contributed by atoms with Crippen LogP contribution in [0.25, 0.3) is 21.5 Å². The summed E-state index contributed by atoms with van der Waals surface area (Å²) in [6.07, 6.45) is 4.93. The molecule has 0 N–H and O–H groups in total. The molecular weight excluding hydrogens is 516 g/mol. The Hall–Kier alpha value is -3.50. The summed E-state index contributed by atoms with van der Waals surface area (Å²) in [6, 6.07) is 17.9. The van der Waals surface area contributed by atoms with E-state index in [2.05, 4.69) is 62.4 Å². The van der Waals surface area contributed by atoms with Gasteiger partial charge in [-0.25, -0.2) is 0 Å². The molecule has 10 rings (SSSR count). The molecule has 42 heavy (non-hydrogen) atoms. The fourth-order valence-electron chi connectivity index (χ4n) is 14.3. The number of methoxy groups -OCH3 is 2. The molecule has 0 saturated heterocycles. The Bertz CT molecular complexity index is 1780. The second-order valence-electron chi connectivity index (χ2n) is 15.2. The molecule has 0 amide bonds. The summed E-state index contributed by atoms with van der Waals surface area (Å²) in [7, 11) is 3.72. The SMILES string of the molecule is COc1c2c(c(OC)c3cc4ccccc4cc13)[C@@H]1CC2C2C1[C@@]1(C)[C@H]3CC(C4C3[C@H]3CC[C@@H]4C3=C(C#N)C#N)[C@@]21C. The van der Waals surface area contributed by atoms with E-state index < -0.39 is 0 Å². The number of hydrogen-bond acceptors (Lipinski definition) is 4. The van der Waals surface area contributed by atoms with E-state index in [9.17, 15) is 10.5 Å². The maximum absolute atomic E-state index is 9.87. The van der Waals surface area contributed by atoms with Gasteiger partial charge < -0.3 is 9.47 Å². The molecule has 0 aromatic heterocycles. The van der Waals surface area contributed by atoms with Gasteiger partial charge in [0.25, 0.3) is 0 Å². The molecule has 3 aromatic carbocycles. The maximum atomic E-state index is 9.87. The van der Waals surface area contributed by atoms with E-state index in [4.69, 9.17) is 9.47 Å². The topological polar surface area (TPSA) is 66.0 Å². The number of fused-ring (bicyclic) bond motifs is 24. The van der Waals surface area contributed by atoms with E-state index >= 15 is 0 Å². The first-order valence-corrected chi connectivity index (χ1v) is 16.1. The van der Waals surface area contributed by atoms with Crippen molar-refractivity contribution in [2.45, 2.75) is 51.4 Å². The molecule has 0 radical (unpaired) electrons. The van der Waals surface area contributed by atoms with Gasteiger partial charge in [0.2, 0.25) is 0 Å². The summed E-state index contributed by atoms with van der Waals surface area (Å²) >= 11 is 0. The molecule has 4 nitrogen and oxygen atoms in total. The highest BCUT2D eigenvalue weighted by Crippen LogP contribution is 2.93. The van der Waals surface area contributed by atoms with E-state index in [1.54, 1.807) is 0 Å². The van der Waals surface area contributed by atoms with Crippen LogP contribution < -0.4 is 9.47 Å². The first kappa shape index (κ1) is 24.0. The van der Waals surface area contributed by atoms with Crippen LogP contribution >= 0.6 is 0 Å². The summed E-state index contributed by atoms with van der Waals surface area (Å²) in [4.78, 5) is 0. The Labute approximate surface area is 247 Å². The van der Waals surface area contributed by atoms with Gasteiger partial charge >= 0.3 is 0 Å². The van der Waals surface area contributed by atoms with Crippen LogP contribution in [0, 0.1) is 80.8 Å². The van der Waals surface area contributed by atoms with E-state index in [1.807, 2.05) is 14.2 Å². The first-order valence-electron chi connectivity index (χ1n) is 16.1. The van der Waals surface area contributed by atoms with Crippen LogP contribution in [-0.2, 0) is 0 Å². The number of rotatable bonds is 2. The van der Waals surface area contributed by atoms with E-state index in [-0.39, 0.29) is 0 Å². The van der Waals surface area contributed by atoms with Crippen LogP contribution in [0.4, 0.5) is 0 Å². The first-order chi connectivity index (χ1) is 20.4. The van der Waals surface area contributed by atoms with Crippen molar-refractivity contribution in [3.05, 3.63) is 58.7 Å². The average molecular weight is 553 g/mol. The van der Waals surface area contributed by atoms with Gasteiger partial charge in [0.15, 0.2) is 0 Å². The van der Waals surface area contributed by atoms with Gasteiger partial charge in [-0.05, 0) is 124 Å². The van der Waals surface area contributed by atoms with Gasteiger partial charge in [0.1, 0.15) is 29.2 Å². The molecule has 7 aliphatic carbocycles. The van der Waals surface area contributed by atoms with Gasteiger partial charge in [-0.3, -0.25) is 0 Å². The number of nitriles is 2. The van der Waals surface area contributed by atoms with Crippen LogP contribution in [0.3, 0.4) is 0 Å². The fraction of sp³-hybridized carbons (Fsp3) is 0.526. The molecule has 6 bridgehead atoms. The van der Waals surface area contributed by atoms with E-state index in [1.165, 1.54) is 63.9 Å². The normalized spacial score (nSPS) is 43.9. The number of hydrogen-bond donors (Lipinski definition) is 0. The van der Waals surface area contributed by atoms with Crippen LogP contribution in [0.2, 0.25) is 0 Å². The maximum Gasteiger partial charge on any atom is 0.130 e. The smallest absolute Gasteiger partial charge is 0.130 e. The van der Waals surface area contributed by atoms with Crippen LogP contribution in [0.5, 0.6) is 11.5 Å². The highest BCUT2D eigenvalue weighted by Gasteiger charge is 2.87. The molecule has 3 aromatic rings. The standard InChI is InChI=1S/C38H36N2O2/c1-37-26-14-27(30-21-10-9-20(29(26)30)28(21)19(15-39)16-40)38(37,2)34-25-13-24(33(34)37)31-32(25)36(42-4)23-12-18-8-6-5-7-17(18)11-22(23)35(31)41-3/h5-8,11-12,20-21,24-27,29-30,33-34H,9-10,13-14H2,1-4H3/t20-,21+,24-,25?,26-,27?,29?,30?,33?,34?,37+,38-/m0/s1. The lowest BCUT2D eigenvalue weighted by Gasteiger charge is -2.73. The Balaban J connectivity index is 1.17. The molecule has 210 valence electrons. The zero-order valence-corrected chi connectivity index (χ0v) is 24.8. The van der Waals surface area contributed by atoms with Crippen molar-refractivity contribution in [1.29, 1.82) is 10.5 Å². The van der Waals surface area contributed by atoms with E-state index in [0.29, 0.717) is 75.6 Å². The Morgan fingerprint density at radius 3 is 1.64 bits per heavy atom. The number of nitrogens with zero attached hydrogens (tertiary/aromatic N) is 2. The number of allylic oxidation sites excluding steroid dienone is 2. The molecule has 0 heterocycles. The predicted molar refractivity (Wildman–Crippen MR) is 161 cm³/mol. The minimum atomic E-state index is 0.298. The van der Waals surface area contributed by atoms with Crippen molar-refractivity contribution in [3.63, 3.8) is 0 Å². The molecule has 12 atom stereocenters. The second kappa shape index (κ2) is 7.34. The van der Waals surface area contributed by atoms with Gasteiger partial charge in [-0.1, -0.05) is 38.1 Å². The van der Waals surface area contributed by atoms with Crippen molar-refractivity contribution < 1.29 is 9.47 Å². The predicted octanol–water partition coefficient (Wildman–Crippen LogP) is 8.12. The van der Waals surface area contributed by atoms with Crippen molar-refractivity contribution in [2.24, 2.45) is 58.2 Å². The monoisotopic (exact) mass is 552 g/mol. The van der Waals surface area contributed by atoms with Crippen LogP contribution in [0.15, 0.2) is 47.5 Å². The minimum absolute atomic E-state index is 0.298. The quantitative estimate of drug-likeness (QED) is 0.139. The van der Waals surface area contributed by atoms with E-state index in [0.717, 1.165) is 11.5 Å². The molecule has 4 heteroatoms. The van der Waals surface area contributed by atoms with Gasteiger partial charge in [-0.15, -0.1) is 0 Å². The highest BCUT2D eigenvalue weighted by molar-refractivity contribution is 6.05. The third-order valence-corrected chi connectivity index (χ3v) is 15.1. The van der Waals surface area contributed by atoms with Crippen LogP contribution in [0.1, 0.15) is 62.5 Å². The fourth-order valence-corrected chi connectivity index (χ4v) is 14.3. The Kier molecular flexibility index (Phi) is 4.19. The average Bonchev–Trinajstić information content (AvgIpc) is 3.84. The lowest BCUT2D eigenvalue weighted by molar-refractivity contribution is -0.249. The molecular formula is C38H36N2O2. The summed E-state index contributed by atoms with van der Waals surface area (Å²) in [5, 5.41) is 24.6. The molecule has 6 unspecified atom stereocenters. The third-order valence-electron chi connectivity index (χ3n) is 15.1. The van der Waals surface area contributed by atoms with Crippen molar-refractivity contribution in [3.8, 4) is 23.6 Å². The lowest BCUT2D eigenvalue weighted by Crippen LogP contribution is -2.69. The zero-order chi connectivity index (χ0) is 28.4. The largest absolute Gasteiger partial charge is 0.496 e. The summed E-state index contributed by atoms with van der Waals surface area (Å²) in [6.45, 7) is 5.33. The minimum Gasteiger partial charge on any atom is -0.496 e.